The van der Waals surface area contributed by atoms with Gasteiger partial charge in [0.2, 0.25) is 0 Å². The maximum atomic E-state index is 11.5. The average Bonchev–Trinajstić information content (AvgIpc) is 2.02. The minimum absolute atomic E-state index is 0.157. The Hall–Kier alpha value is -0.430. The predicted molar refractivity (Wildman–Crippen MR) is 56.2 cm³/mol. The van der Waals surface area contributed by atoms with E-state index in [1.165, 1.54) is 13.2 Å². The molecule has 1 N–H and O–H groups in total. The van der Waals surface area contributed by atoms with Crippen molar-refractivity contribution in [3.8, 4) is 0 Å². The molecule has 0 fully saturated rings. The van der Waals surface area contributed by atoms with Gasteiger partial charge in [-0.2, -0.15) is 0 Å². The zero-order valence-electron chi connectivity index (χ0n) is 7.74. The molecule has 0 spiro atoms. The summed E-state index contributed by atoms with van der Waals surface area (Å²) in [7, 11) is -2.33. The van der Waals surface area contributed by atoms with Crippen LogP contribution in [-0.4, -0.2) is 15.5 Å². The number of aryl methyl sites for hydroxylation is 1. The van der Waals surface area contributed by atoms with Gasteiger partial charge in [0.25, 0.3) is 10.0 Å². The standard InChI is InChI=1S/C8H10BrNO3S/c1-6-3-4-8(7(9)5-6)14(11,12)10-13-2/h3-5,10H,1-2H3. The summed E-state index contributed by atoms with van der Waals surface area (Å²) < 4.78 is 23.5. The molecule has 0 aliphatic heterocycles. The Bertz CT molecular complexity index is 430. The van der Waals surface area contributed by atoms with Crippen molar-refractivity contribution in [3.63, 3.8) is 0 Å². The van der Waals surface area contributed by atoms with Crippen LogP contribution in [0.25, 0.3) is 0 Å². The molecule has 4 nitrogen and oxygen atoms in total. The largest absolute Gasteiger partial charge is 0.290 e. The van der Waals surface area contributed by atoms with Crippen LogP contribution in [0.3, 0.4) is 0 Å². The van der Waals surface area contributed by atoms with Gasteiger partial charge >= 0.3 is 0 Å². The molecule has 1 aromatic carbocycles. The molecule has 0 aliphatic rings. The molecule has 0 unspecified atom stereocenters. The van der Waals surface area contributed by atoms with Crippen molar-refractivity contribution in [2.45, 2.75) is 11.8 Å². The van der Waals surface area contributed by atoms with Gasteiger partial charge in [0.15, 0.2) is 0 Å². The van der Waals surface area contributed by atoms with Crippen LogP contribution in [0.15, 0.2) is 27.6 Å². The molecule has 0 saturated carbocycles. The third-order valence-corrected chi connectivity index (χ3v) is 3.81. The Labute approximate surface area is 91.4 Å². The van der Waals surface area contributed by atoms with Gasteiger partial charge in [0.05, 0.1) is 12.0 Å². The Morgan fingerprint density at radius 3 is 2.57 bits per heavy atom. The molecule has 0 aliphatic carbocycles. The monoisotopic (exact) mass is 279 g/mol. The second kappa shape index (κ2) is 4.39. The fourth-order valence-electron chi connectivity index (χ4n) is 0.978. The van der Waals surface area contributed by atoms with E-state index in [0.29, 0.717) is 4.47 Å². The lowest BCUT2D eigenvalue weighted by atomic mass is 10.2. The number of halogens is 1. The first kappa shape index (κ1) is 11.6. The molecule has 1 aromatic rings. The molecule has 78 valence electrons. The highest BCUT2D eigenvalue weighted by Gasteiger charge is 2.16. The first-order valence-electron chi connectivity index (χ1n) is 3.78. The molecule has 0 aromatic heterocycles. The van der Waals surface area contributed by atoms with Crippen LogP contribution in [-0.2, 0) is 14.9 Å². The van der Waals surface area contributed by atoms with Crippen LogP contribution in [0.5, 0.6) is 0 Å². The maximum Gasteiger partial charge on any atom is 0.263 e. The van der Waals surface area contributed by atoms with Gasteiger partial charge < -0.3 is 0 Å². The summed E-state index contributed by atoms with van der Waals surface area (Å²) in [6.07, 6.45) is 0. The summed E-state index contributed by atoms with van der Waals surface area (Å²) in [4.78, 5) is 6.49. The molecule has 6 heteroatoms. The van der Waals surface area contributed by atoms with Gasteiger partial charge in [-0.25, -0.2) is 8.42 Å². The molecular formula is C8H10BrNO3S. The van der Waals surface area contributed by atoms with E-state index < -0.39 is 10.0 Å². The number of benzene rings is 1. The number of rotatable bonds is 3. The van der Waals surface area contributed by atoms with E-state index in [9.17, 15) is 8.42 Å². The van der Waals surface area contributed by atoms with Crippen LogP contribution in [0.2, 0.25) is 0 Å². The lowest BCUT2D eigenvalue weighted by Gasteiger charge is -2.06. The van der Waals surface area contributed by atoms with E-state index >= 15 is 0 Å². The zero-order chi connectivity index (χ0) is 10.8. The third kappa shape index (κ3) is 2.54. The lowest BCUT2D eigenvalue weighted by Crippen LogP contribution is -2.22. The average molecular weight is 280 g/mol. The highest BCUT2D eigenvalue weighted by atomic mass is 79.9. The predicted octanol–water partition coefficient (Wildman–Crippen LogP) is 1.60. The van der Waals surface area contributed by atoms with Crippen molar-refractivity contribution in [2.24, 2.45) is 0 Å². The van der Waals surface area contributed by atoms with E-state index in [1.54, 1.807) is 12.1 Å². The Balaban J connectivity index is 3.20. The minimum atomic E-state index is -3.58. The van der Waals surface area contributed by atoms with Crippen molar-refractivity contribution in [1.29, 1.82) is 0 Å². The molecule has 0 radical (unpaired) electrons. The number of hydrogen-bond donors (Lipinski definition) is 1. The molecule has 0 heterocycles. The molecular weight excluding hydrogens is 270 g/mol. The number of hydrogen-bond acceptors (Lipinski definition) is 3. The van der Waals surface area contributed by atoms with Crippen LogP contribution in [0, 0.1) is 6.92 Å². The quantitative estimate of drug-likeness (QED) is 0.856. The second-order valence-electron chi connectivity index (χ2n) is 2.72. The molecule has 0 amide bonds. The SMILES string of the molecule is CONS(=O)(=O)c1ccc(C)cc1Br. The normalized spacial score (nSPS) is 11.6. The second-order valence-corrected chi connectivity index (χ2v) is 5.19. The van der Waals surface area contributed by atoms with Crippen molar-refractivity contribution < 1.29 is 13.3 Å². The number of nitrogens with one attached hydrogen (secondary N) is 1. The lowest BCUT2D eigenvalue weighted by molar-refractivity contribution is 0.153. The first-order chi connectivity index (χ1) is 6.47. The van der Waals surface area contributed by atoms with Crippen molar-refractivity contribution in [1.82, 2.24) is 4.89 Å². The molecule has 0 saturated heterocycles. The number of sulfonamides is 1. The van der Waals surface area contributed by atoms with E-state index in [1.807, 2.05) is 11.8 Å². The van der Waals surface area contributed by atoms with E-state index in [2.05, 4.69) is 20.8 Å². The molecule has 0 atom stereocenters. The van der Waals surface area contributed by atoms with Crippen molar-refractivity contribution >= 4 is 26.0 Å². The topological polar surface area (TPSA) is 55.4 Å². The van der Waals surface area contributed by atoms with Crippen LogP contribution < -0.4 is 4.89 Å². The fraction of sp³-hybridized carbons (Fsp3) is 0.250. The minimum Gasteiger partial charge on any atom is -0.290 e. The van der Waals surface area contributed by atoms with Crippen molar-refractivity contribution in [3.05, 3.63) is 28.2 Å². The van der Waals surface area contributed by atoms with Crippen LogP contribution in [0.4, 0.5) is 0 Å². The summed E-state index contributed by atoms with van der Waals surface area (Å²) in [6, 6.07) is 4.96. The van der Waals surface area contributed by atoms with Crippen LogP contribution >= 0.6 is 15.9 Å². The van der Waals surface area contributed by atoms with Gasteiger partial charge in [-0.15, -0.1) is 0 Å². The zero-order valence-corrected chi connectivity index (χ0v) is 10.1. The molecule has 14 heavy (non-hydrogen) atoms. The maximum absolute atomic E-state index is 11.5. The third-order valence-electron chi connectivity index (χ3n) is 1.57. The summed E-state index contributed by atoms with van der Waals surface area (Å²) in [6.45, 7) is 1.88. The smallest absolute Gasteiger partial charge is 0.263 e. The summed E-state index contributed by atoms with van der Waals surface area (Å²) in [5, 5.41) is 0. The summed E-state index contributed by atoms with van der Waals surface area (Å²) >= 11 is 3.18. The molecule has 1 rings (SSSR count). The van der Waals surface area contributed by atoms with E-state index in [0.717, 1.165) is 5.56 Å². The van der Waals surface area contributed by atoms with Gasteiger partial charge in [0.1, 0.15) is 0 Å². The Morgan fingerprint density at radius 2 is 2.07 bits per heavy atom. The summed E-state index contributed by atoms with van der Waals surface area (Å²) in [5.41, 5.74) is 0.980. The fourth-order valence-corrected chi connectivity index (χ4v) is 2.98. The van der Waals surface area contributed by atoms with Gasteiger partial charge in [-0.3, -0.25) is 4.84 Å². The Kier molecular flexibility index (Phi) is 3.65. The molecule has 0 bridgehead atoms. The van der Waals surface area contributed by atoms with E-state index in [-0.39, 0.29) is 4.90 Å². The van der Waals surface area contributed by atoms with Crippen LogP contribution in [0.1, 0.15) is 5.56 Å². The highest BCUT2D eigenvalue weighted by Crippen LogP contribution is 2.22. The first-order valence-corrected chi connectivity index (χ1v) is 6.06. The Morgan fingerprint density at radius 1 is 1.43 bits per heavy atom. The van der Waals surface area contributed by atoms with Crippen molar-refractivity contribution in [2.75, 3.05) is 7.11 Å². The highest BCUT2D eigenvalue weighted by molar-refractivity contribution is 9.10. The van der Waals surface area contributed by atoms with Gasteiger partial charge in [-0.05, 0) is 40.5 Å². The van der Waals surface area contributed by atoms with Gasteiger partial charge in [-0.1, -0.05) is 11.0 Å². The van der Waals surface area contributed by atoms with Gasteiger partial charge in [0, 0.05) is 4.47 Å². The van der Waals surface area contributed by atoms with E-state index in [4.69, 9.17) is 0 Å². The summed E-state index contributed by atoms with van der Waals surface area (Å²) in [5.74, 6) is 0.